The fraction of sp³-hybridized carbons (Fsp3) is 0.667. The highest BCUT2D eigenvalue weighted by molar-refractivity contribution is 5.81. The van der Waals surface area contributed by atoms with E-state index in [9.17, 15) is 9.59 Å². The number of esters is 1. The number of carbonyl (C=O) groups is 1. The Bertz CT molecular complexity index is 862. The first-order chi connectivity index (χ1) is 13.0. The quantitative estimate of drug-likeness (QED) is 0.504. The number of ether oxygens (including phenoxy) is 2. The lowest BCUT2D eigenvalue weighted by Crippen LogP contribution is -2.39. The second-order valence-electron chi connectivity index (χ2n) is 6.59. The summed E-state index contributed by atoms with van der Waals surface area (Å²) < 4.78 is 11.9. The minimum Gasteiger partial charge on any atom is -0.468 e. The summed E-state index contributed by atoms with van der Waals surface area (Å²) in [5, 5.41) is 0. The molecule has 0 spiro atoms. The molecule has 2 aromatic heterocycles. The lowest BCUT2D eigenvalue weighted by Gasteiger charge is -2.22. The van der Waals surface area contributed by atoms with Crippen LogP contribution < -0.4 is 16.2 Å². The molecule has 2 aromatic rings. The molecule has 0 aromatic carbocycles. The van der Waals surface area contributed by atoms with Crippen molar-refractivity contribution in [3.8, 4) is 6.01 Å². The lowest BCUT2D eigenvalue weighted by molar-refractivity contribution is -0.145. The Labute approximate surface area is 164 Å². The molecule has 0 bridgehead atoms. The number of nitrogens with two attached hydrogens (primary N) is 1. The first kappa shape index (κ1) is 21.7. The van der Waals surface area contributed by atoms with Gasteiger partial charge in [-0.3, -0.25) is 14.3 Å². The molecule has 1 fully saturated rings. The van der Waals surface area contributed by atoms with Gasteiger partial charge in [-0.2, -0.15) is 9.97 Å². The number of unbranched alkanes of at least 4 members (excludes halogenated alkanes) is 1. The molecule has 0 radical (unpaired) electrons. The number of imidazole rings is 1. The fourth-order valence-corrected chi connectivity index (χ4v) is 3.34. The van der Waals surface area contributed by atoms with Crippen molar-refractivity contribution in [3.63, 3.8) is 0 Å². The topological polar surface area (TPSA) is 128 Å². The molecule has 156 valence electrons. The smallest absolute Gasteiger partial charge is 0.327 e. The Morgan fingerprint density at radius 2 is 2.14 bits per heavy atom. The first-order valence-corrected chi connectivity index (χ1v) is 9.25. The summed E-state index contributed by atoms with van der Waals surface area (Å²) >= 11 is 0. The summed E-state index contributed by atoms with van der Waals surface area (Å²) in [5.41, 5.74) is 6.45. The molecule has 10 heteroatoms. The van der Waals surface area contributed by atoms with E-state index in [1.54, 1.807) is 0 Å². The third-order valence-electron chi connectivity index (χ3n) is 4.81. The number of aromatic nitrogens is 4. The number of aromatic amines is 1. The summed E-state index contributed by atoms with van der Waals surface area (Å²) in [6.45, 7) is 4.25. The number of fused-ring (bicyclic) bond motifs is 1. The van der Waals surface area contributed by atoms with E-state index in [-0.39, 0.29) is 37.0 Å². The zero-order chi connectivity index (χ0) is 19.4. The standard InChI is InChI=1S/C17H26N6O4.CH4/c1-3-4-10-27-16-20-13(18)12-14(21-16)23(17(25)19-12)9-8-22-7-5-6-11(22)15(24)26-2;/h11H,3-10H2,1-2H3,(H,19,25)(H2,18,20,21);1H4/t11-;/m1./s1. The molecule has 0 amide bonds. The highest BCUT2D eigenvalue weighted by Gasteiger charge is 2.31. The summed E-state index contributed by atoms with van der Waals surface area (Å²) in [6.07, 6.45) is 3.56. The van der Waals surface area contributed by atoms with Gasteiger partial charge >= 0.3 is 17.7 Å². The van der Waals surface area contributed by atoms with Gasteiger partial charge in [0, 0.05) is 13.1 Å². The van der Waals surface area contributed by atoms with Crippen LogP contribution in [0.3, 0.4) is 0 Å². The van der Waals surface area contributed by atoms with E-state index < -0.39 is 0 Å². The SMILES string of the molecule is C.CCCCOc1nc(N)c2[nH]c(=O)n(CCN3CCC[C@@H]3C(=O)OC)c2n1. The van der Waals surface area contributed by atoms with Crippen LogP contribution in [0.5, 0.6) is 6.01 Å². The van der Waals surface area contributed by atoms with Crippen LogP contribution in [0, 0.1) is 0 Å². The van der Waals surface area contributed by atoms with Gasteiger partial charge in [0.15, 0.2) is 11.5 Å². The average Bonchev–Trinajstić information content (AvgIpc) is 3.24. The molecule has 1 aliphatic rings. The molecular formula is C18H30N6O4. The van der Waals surface area contributed by atoms with Crippen molar-refractivity contribution in [1.29, 1.82) is 0 Å². The van der Waals surface area contributed by atoms with Gasteiger partial charge in [0.05, 0.1) is 13.7 Å². The summed E-state index contributed by atoms with van der Waals surface area (Å²) in [6, 6.07) is -0.0987. The van der Waals surface area contributed by atoms with Gasteiger partial charge in [0.1, 0.15) is 11.6 Å². The van der Waals surface area contributed by atoms with Crippen molar-refractivity contribution >= 4 is 23.0 Å². The molecule has 1 saturated heterocycles. The number of carbonyl (C=O) groups excluding carboxylic acids is 1. The van der Waals surface area contributed by atoms with Gasteiger partial charge in [-0.05, 0) is 25.8 Å². The van der Waals surface area contributed by atoms with Crippen molar-refractivity contribution in [2.24, 2.45) is 0 Å². The molecule has 3 rings (SSSR count). The number of rotatable bonds is 8. The Morgan fingerprint density at radius 1 is 1.36 bits per heavy atom. The number of nitrogen functional groups attached to an aromatic ring is 1. The van der Waals surface area contributed by atoms with Gasteiger partial charge < -0.3 is 20.2 Å². The first-order valence-electron chi connectivity index (χ1n) is 9.25. The van der Waals surface area contributed by atoms with E-state index >= 15 is 0 Å². The fourth-order valence-electron chi connectivity index (χ4n) is 3.34. The minimum absolute atomic E-state index is 0. The molecule has 3 N–H and O–H groups in total. The van der Waals surface area contributed by atoms with Crippen molar-refractivity contribution < 1.29 is 14.3 Å². The van der Waals surface area contributed by atoms with E-state index in [0.29, 0.717) is 30.9 Å². The molecule has 1 atom stereocenters. The van der Waals surface area contributed by atoms with Crippen LogP contribution >= 0.6 is 0 Å². The van der Waals surface area contributed by atoms with Crippen molar-refractivity contribution in [1.82, 2.24) is 24.4 Å². The Hall–Kier alpha value is -2.62. The van der Waals surface area contributed by atoms with Crippen LogP contribution in [-0.2, 0) is 16.1 Å². The zero-order valence-electron chi connectivity index (χ0n) is 15.7. The molecule has 0 aliphatic carbocycles. The van der Waals surface area contributed by atoms with E-state index in [0.717, 1.165) is 32.2 Å². The van der Waals surface area contributed by atoms with E-state index in [1.165, 1.54) is 11.7 Å². The van der Waals surface area contributed by atoms with E-state index in [1.807, 2.05) is 4.90 Å². The van der Waals surface area contributed by atoms with Crippen molar-refractivity contribution in [2.75, 3.05) is 32.5 Å². The van der Waals surface area contributed by atoms with Crippen LogP contribution in [0.2, 0.25) is 0 Å². The molecule has 0 unspecified atom stereocenters. The lowest BCUT2D eigenvalue weighted by atomic mass is 10.2. The van der Waals surface area contributed by atoms with Crippen molar-refractivity contribution in [3.05, 3.63) is 10.5 Å². The van der Waals surface area contributed by atoms with Gasteiger partial charge in [-0.1, -0.05) is 20.8 Å². The van der Waals surface area contributed by atoms with Crippen LogP contribution in [0.4, 0.5) is 5.82 Å². The molecular weight excluding hydrogens is 364 g/mol. The van der Waals surface area contributed by atoms with Crippen LogP contribution in [0.25, 0.3) is 11.2 Å². The molecule has 3 heterocycles. The maximum absolute atomic E-state index is 12.4. The number of anilines is 1. The van der Waals surface area contributed by atoms with Crippen LogP contribution in [0.1, 0.15) is 40.0 Å². The van der Waals surface area contributed by atoms with Gasteiger partial charge in [-0.25, -0.2) is 4.79 Å². The minimum atomic E-state index is -0.314. The Balaban J connectivity index is 0.00000280. The van der Waals surface area contributed by atoms with Gasteiger partial charge in [-0.15, -0.1) is 0 Å². The molecule has 28 heavy (non-hydrogen) atoms. The van der Waals surface area contributed by atoms with Crippen LogP contribution in [-0.4, -0.2) is 63.2 Å². The maximum atomic E-state index is 12.4. The van der Waals surface area contributed by atoms with Gasteiger partial charge in [0.2, 0.25) is 0 Å². The van der Waals surface area contributed by atoms with Crippen LogP contribution in [0.15, 0.2) is 4.79 Å². The van der Waals surface area contributed by atoms with Gasteiger partial charge in [0.25, 0.3) is 0 Å². The summed E-state index contributed by atoms with van der Waals surface area (Å²) in [4.78, 5) is 37.4. The summed E-state index contributed by atoms with van der Waals surface area (Å²) in [7, 11) is 1.39. The normalized spacial score (nSPS) is 16.9. The van der Waals surface area contributed by atoms with E-state index in [4.69, 9.17) is 15.2 Å². The number of hydrogen-bond acceptors (Lipinski definition) is 8. The van der Waals surface area contributed by atoms with Crippen molar-refractivity contribution in [2.45, 2.75) is 52.6 Å². The van der Waals surface area contributed by atoms with E-state index in [2.05, 4.69) is 21.9 Å². The number of methoxy groups -OCH3 is 1. The largest absolute Gasteiger partial charge is 0.468 e. The average molecular weight is 394 g/mol. The Kier molecular flexibility index (Phi) is 7.38. The third kappa shape index (κ3) is 4.44. The monoisotopic (exact) mass is 394 g/mol. The predicted octanol–water partition coefficient (Wildman–Crippen LogP) is 1.15. The highest BCUT2D eigenvalue weighted by atomic mass is 16.5. The zero-order valence-corrected chi connectivity index (χ0v) is 15.7. The second kappa shape index (κ2) is 9.54. The number of hydrogen-bond donors (Lipinski definition) is 2. The predicted molar refractivity (Wildman–Crippen MR) is 106 cm³/mol. The molecule has 0 saturated carbocycles. The second-order valence-corrected chi connectivity index (χ2v) is 6.59. The third-order valence-corrected chi connectivity index (χ3v) is 4.81. The molecule has 10 nitrogen and oxygen atoms in total. The number of nitrogens with one attached hydrogen (secondary N) is 1. The molecule has 1 aliphatic heterocycles. The maximum Gasteiger partial charge on any atom is 0.327 e. The number of likely N-dealkylation sites (tertiary alicyclic amines) is 1. The Morgan fingerprint density at radius 3 is 2.86 bits per heavy atom. The number of nitrogens with zero attached hydrogens (tertiary/aromatic N) is 4. The summed E-state index contributed by atoms with van der Waals surface area (Å²) in [5.74, 6) is -0.0621. The number of H-pyrrole nitrogens is 1. The highest BCUT2D eigenvalue weighted by Crippen LogP contribution is 2.20.